The molecule has 0 unspecified atom stereocenters. The maximum Gasteiger partial charge on any atom is 0.143 e. The summed E-state index contributed by atoms with van der Waals surface area (Å²) in [5.74, 6) is 2.21. The molecule has 0 saturated heterocycles. The molecule has 3 aliphatic rings. The third-order valence-electron chi connectivity index (χ3n) is 8.96. The van der Waals surface area contributed by atoms with Crippen molar-refractivity contribution in [2.45, 2.75) is 72.4 Å². The molecule has 3 aromatic heterocycles. The fourth-order valence-corrected chi connectivity index (χ4v) is 5.88. The molecule has 7 rings (SSSR count). The Morgan fingerprint density at radius 3 is 1.71 bits per heavy atom. The zero-order valence-corrected chi connectivity index (χ0v) is 33.7. The van der Waals surface area contributed by atoms with Crippen molar-refractivity contribution in [3.63, 3.8) is 0 Å². The normalized spacial score (nSPS) is 14.9. The first-order valence-electron chi connectivity index (χ1n) is 17.9. The molecular weight excluding hydrogens is 825 g/mol. The summed E-state index contributed by atoms with van der Waals surface area (Å²) in [4.78, 5) is 21.5. The van der Waals surface area contributed by atoms with Gasteiger partial charge in [-0.1, -0.05) is 13.8 Å². The van der Waals surface area contributed by atoms with Gasteiger partial charge in [0.25, 0.3) is 0 Å². The molecule has 0 amide bonds. The summed E-state index contributed by atoms with van der Waals surface area (Å²) in [5.41, 5.74) is 4.42. The molecule has 52 heavy (non-hydrogen) atoms. The van der Waals surface area contributed by atoms with E-state index in [4.69, 9.17) is 0 Å². The van der Waals surface area contributed by atoms with Crippen LogP contribution in [-0.4, -0.2) is 39.9 Å². The standard InChI is InChI=1S/C26H34N6.C15H16N4.Ir/c1-23(2)29-13-7-9-25(19-29)31-17-15-27(21-31)11-5-6-12-28-16-18-32(22-28)26-10-8-14-30(20-26)24(3)4;1-11(2)12-5-4-6-13(9-12)19-10-18(3)14-15(19)17-8-7-16-14;/h7-8,13-24H,5-6,11-12H2,1-4H3;4-5,7-11H,1-3H3;/q2*-2;. The van der Waals surface area contributed by atoms with Crippen LogP contribution in [0.4, 0.5) is 28.7 Å². The average molecular weight is 875 g/mol. The maximum atomic E-state index is 4.41. The zero-order chi connectivity index (χ0) is 35.9. The van der Waals surface area contributed by atoms with Gasteiger partial charge in [-0.2, -0.15) is 37.1 Å². The Balaban J connectivity index is 0.000000223. The van der Waals surface area contributed by atoms with E-state index < -0.39 is 0 Å². The Morgan fingerprint density at radius 1 is 0.673 bits per heavy atom. The van der Waals surface area contributed by atoms with E-state index in [1.165, 1.54) is 5.56 Å². The van der Waals surface area contributed by atoms with Crippen LogP contribution in [0.1, 0.15) is 77.9 Å². The molecule has 0 aliphatic carbocycles. The van der Waals surface area contributed by atoms with Gasteiger partial charge in [-0.15, -0.1) is 42.7 Å². The Morgan fingerprint density at radius 2 is 1.19 bits per heavy atom. The fraction of sp³-hybridized carbons (Fsp3) is 0.341. The number of pyridine rings is 2. The van der Waals surface area contributed by atoms with E-state index in [0.717, 1.165) is 54.6 Å². The van der Waals surface area contributed by atoms with Gasteiger partial charge in [0.1, 0.15) is 23.7 Å². The Bertz CT molecular complexity index is 1730. The SMILES string of the molecule is CC(C)[n+]1cc[c-]c(N2C=CN(CCCCN3C=CN(c4[c-]cc[n+](C(C)C)c4)[CH-]3)[CH-]2)c1.CC(C)c1cc[c-]c(N2[CH-]N(C)c3nccnc32)c1.[Ir]. The van der Waals surface area contributed by atoms with Gasteiger partial charge < -0.3 is 38.5 Å². The van der Waals surface area contributed by atoms with Gasteiger partial charge in [-0.25, -0.2) is 9.97 Å². The first-order chi connectivity index (χ1) is 24.7. The Kier molecular flexibility index (Phi) is 13.3. The summed E-state index contributed by atoms with van der Waals surface area (Å²) in [5, 5.41) is 0. The molecule has 0 spiro atoms. The van der Waals surface area contributed by atoms with Gasteiger partial charge in [0.05, 0.1) is 24.8 Å². The van der Waals surface area contributed by atoms with Crippen molar-refractivity contribution >= 4 is 28.7 Å². The fourth-order valence-electron chi connectivity index (χ4n) is 5.88. The molecule has 3 aliphatic heterocycles. The summed E-state index contributed by atoms with van der Waals surface area (Å²) >= 11 is 0. The van der Waals surface area contributed by atoms with Crippen molar-refractivity contribution in [2.75, 3.05) is 39.7 Å². The smallest absolute Gasteiger partial charge is 0.143 e. The molecule has 10 nitrogen and oxygen atoms in total. The number of aromatic nitrogens is 4. The number of nitrogens with zero attached hydrogens (tertiary/aromatic N) is 10. The van der Waals surface area contributed by atoms with E-state index in [-0.39, 0.29) is 20.1 Å². The van der Waals surface area contributed by atoms with Crippen molar-refractivity contribution in [2.24, 2.45) is 0 Å². The van der Waals surface area contributed by atoms with E-state index in [0.29, 0.717) is 18.0 Å². The molecule has 0 saturated carbocycles. The quantitative estimate of drug-likeness (QED) is 0.0906. The number of anilines is 5. The third kappa shape index (κ3) is 9.49. The molecule has 11 heteroatoms. The van der Waals surface area contributed by atoms with Crippen LogP contribution in [0.25, 0.3) is 0 Å². The minimum atomic E-state index is 0. The van der Waals surface area contributed by atoms with Crippen molar-refractivity contribution in [3.05, 3.63) is 136 Å². The van der Waals surface area contributed by atoms with Crippen LogP contribution in [0.5, 0.6) is 0 Å². The van der Waals surface area contributed by atoms with Crippen molar-refractivity contribution in [1.29, 1.82) is 0 Å². The number of benzene rings is 1. The van der Waals surface area contributed by atoms with E-state index in [2.05, 4.69) is 174 Å². The van der Waals surface area contributed by atoms with Gasteiger partial charge in [0.2, 0.25) is 0 Å². The van der Waals surface area contributed by atoms with Crippen molar-refractivity contribution in [1.82, 2.24) is 19.8 Å². The molecule has 1 radical (unpaired) electrons. The number of hydrogen-bond acceptors (Lipinski definition) is 8. The van der Waals surface area contributed by atoms with Crippen LogP contribution in [0.3, 0.4) is 0 Å². The van der Waals surface area contributed by atoms with Crippen LogP contribution in [0.15, 0.2) is 92.3 Å². The summed E-state index contributed by atoms with van der Waals surface area (Å²) < 4.78 is 4.41. The van der Waals surface area contributed by atoms with Crippen LogP contribution >= 0.6 is 0 Å². The first kappa shape index (κ1) is 38.8. The van der Waals surface area contributed by atoms with Gasteiger partial charge in [-0.3, -0.25) is 0 Å². The topological polar surface area (TPSA) is 53.0 Å². The first-order valence-corrected chi connectivity index (χ1v) is 17.9. The molecule has 0 N–H and O–H groups in total. The van der Waals surface area contributed by atoms with Gasteiger partial charge >= 0.3 is 0 Å². The summed E-state index contributed by atoms with van der Waals surface area (Å²) in [7, 11) is 1.97. The maximum absolute atomic E-state index is 4.41. The largest absolute Gasteiger partial charge is 0.508 e. The molecule has 277 valence electrons. The van der Waals surface area contributed by atoms with Crippen LogP contribution in [0, 0.1) is 38.2 Å². The molecule has 6 heterocycles. The Labute approximate surface area is 324 Å². The second-order valence-corrected chi connectivity index (χ2v) is 13.8. The number of hydrogen-bond donors (Lipinski definition) is 0. The second kappa shape index (κ2) is 17.8. The monoisotopic (exact) mass is 875 g/mol. The molecule has 0 fully saturated rings. The molecule has 0 atom stereocenters. The third-order valence-corrected chi connectivity index (χ3v) is 8.96. The van der Waals surface area contributed by atoms with E-state index in [9.17, 15) is 0 Å². The summed E-state index contributed by atoms with van der Waals surface area (Å²) in [6.07, 6.45) is 22.6. The second-order valence-electron chi connectivity index (χ2n) is 13.8. The van der Waals surface area contributed by atoms with Crippen LogP contribution in [0.2, 0.25) is 0 Å². The van der Waals surface area contributed by atoms with E-state index >= 15 is 0 Å². The van der Waals surface area contributed by atoms with Crippen LogP contribution in [-0.2, 0) is 20.1 Å². The van der Waals surface area contributed by atoms with E-state index in [1.54, 1.807) is 12.4 Å². The molecular formula is C41H50IrN10-4. The zero-order valence-electron chi connectivity index (χ0n) is 31.3. The summed E-state index contributed by atoms with van der Waals surface area (Å²) in [6, 6.07) is 21.0. The number of unbranched alkanes of at least 4 members (excludes halogenated alkanes) is 1. The van der Waals surface area contributed by atoms with Crippen molar-refractivity contribution in [3.8, 4) is 0 Å². The van der Waals surface area contributed by atoms with E-state index in [1.807, 2.05) is 41.7 Å². The minimum absolute atomic E-state index is 0. The average Bonchev–Trinajstić information content (AvgIpc) is 3.90. The number of fused-ring (bicyclic) bond motifs is 1. The molecule has 4 aromatic rings. The molecule has 0 bridgehead atoms. The van der Waals surface area contributed by atoms with Crippen molar-refractivity contribution < 1.29 is 29.2 Å². The summed E-state index contributed by atoms with van der Waals surface area (Å²) in [6.45, 7) is 21.4. The predicted octanol–water partition coefficient (Wildman–Crippen LogP) is 7.03. The van der Waals surface area contributed by atoms with Gasteiger partial charge in [-0.05, 0) is 103 Å². The van der Waals surface area contributed by atoms with Gasteiger partial charge in [0.15, 0.2) is 0 Å². The minimum Gasteiger partial charge on any atom is -0.508 e. The predicted molar refractivity (Wildman–Crippen MR) is 202 cm³/mol. The molecule has 1 aromatic carbocycles. The van der Waals surface area contributed by atoms with Crippen LogP contribution < -0.4 is 28.7 Å². The Hall–Kier alpha value is -4.47. The number of rotatable bonds is 11. The van der Waals surface area contributed by atoms with Gasteiger partial charge in [0, 0.05) is 32.5 Å².